The lowest BCUT2D eigenvalue weighted by molar-refractivity contribution is -0.763. The Hall–Kier alpha value is -5.32. The highest BCUT2D eigenvalue weighted by atomic mass is 16.9. The summed E-state index contributed by atoms with van der Waals surface area (Å²) in [6.45, 7) is -0.170. The van der Waals surface area contributed by atoms with Gasteiger partial charge in [0, 0.05) is 11.6 Å². The number of fused-ring (bicyclic) bond motifs is 7. The van der Waals surface area contributed by atoms with Crippen LogP contribution in [0.15, 0.2) is 54.7 Å². The number of aryl methyl sites for hydroxylation is 4. The van der Waals surface area contributed by atoms with Crippen molar-refractivity contribution in [2.45, 2.75) is 32.3 Å². The van der Waals surface area contributed by atoms with Crippen molar-refractivity contribution in [3.8, 4) is 34.2 Å². The monoisotopic (exact) mass is 532 g/mol. The minimum absolute atomic E-state index is 0.00972. The Kier molecular flexibility index (Phi) is 5.44. The first-order valence-corrected chi connectivity index (χ1v) is 12.7. The van der Waals surface area contributed by atoms with Gasteiger partial charge in [0.2, 0.25) is 0 Å². The summed E-state index contributed by atoms with van der Waals surface area (Å²) in [6, 6.07) is 15.0. The van der Waals surface area contributed by atoms with Crippen LogP contribution in [-0.2, 0) is 37.1 Å². The molecule has 40 heavy (non-hydrogen) atoms. The molecule has 0 bridgehead atoms. The molecular weight excluding hydrogens is 512 g/mol. The molecule has 0 spiro atoms. The molecule has 5 aromatic heterocycles. The first-order chi connectivity index (χ1) is 19.4. The predicted octanol–water partition coefficient (Wildman–Crippen LogP) is 4.42. The molecular formula is C29H20N6O5. The zero-order valence-corrected chi connectivity index (χ0v) is 21.0. The van der Waals surface area contributed by atoms with Crippen molar-refractivity contribution < 1.29 is 19.8 Å². The Morgan fingerprint density at radius 2 is 1.40 bits per heavy atom. The number of carboxylic acid groups (broad SMARTS) is 1. The molecule has 11 nitrogen and oxygen atoms in total. The number of aromatic nitrogens is 5. The van der Waals surface area contributed by atoms with Gasteiger partial charge in [-0.15, -0.1) is 10.1 Å². The molecule has 2 aliphatic rings. The van der Waals surface area contributed by atoms with Gasteiger partial charge in [0.25, 0.3) is 5.09 Å². The number of carboxylic acids is 1. The number of hydrogen-bond acceptors (Lipinski definition) is 9. The number of aromatic carboxylic acids is 1. The molecule has 196 valence electrons. The molecule has 5 heterocycles. The normalized spacial score (nSPS) is 13.1. The van der Waals surface area contributed by atoms with E-state index in [1.165, 1.54) is 12.3 Å². The maximum Gasteiger partial charge on any atom is 0.354 e. The molecule has 0 atom stereocenters. The highest BCUT2D eigenvalue weighted by Gasteiger charge is 2.25. The molecule has 0 aliphatic heterocycles. The fraction of sp³-hybridized carbons (Fsp3) is 0.172. The third-order valence-corrected chi connectivity index (χ3v) is 7.34. The zero-order chi connectivity index (χ0) is 27.4. The summed E-state index contributed by atoms with van der Waals surface area (Å²) in [7, 11) is 0. The second-order valence-corrected chi connectivity index (χ2v) is 9.80. The van der Waals surface area contributed by atoms with Gasteiger partial charge in [-0.05, 0) is 83.8 Å². The molecule has 2 aliphatic carbocycles. The van der Waals surface area contributed by atoms with E-state index in [0.29, 0.717) is 34.0 Å². The van der Waals surface area contributed by atoms with E-state index < -0.39 is 11.1 Å². The largest absolute Gasteiger partial charge is 0.477 e. The Bertz CT molecular complexity index is 1870. The molecule has 0 amide bonds. The van der Waals surface area contributed by atoms with E-state index in [4.69, 9.17) is 15.0 Å². The topological polar surface area (TPSA) is 154 Å². The molecule has 1 N–H and O–H groups in total. The number of rotatable bonds is 5. The van der Waals surface area contributed by atoms with Crippen molar-refractivity contribution in [1.82, 2.24) is 24.9 Å². The number of hydrogen-bond donors (Lipinski definition) is 1. The van der Waals surface area contributed by atoms with Crippen molar-refractivity contribution in [3.63, 3.8) is 0 Å². The summed E-state index contributed by atoms with van der Waals surface area (Å²) in [5.41, 5.74) is 9.41. The van der Waals surface area contributed by atoms with E-state index in [1.54, 1.807) is 12.1 Å². The summed E-state index contributed by atoms with van der Waals surface area (Å²) in [6.07, 6.45) is 4.78. The van der Waals surface area contributed by atoms with Crippen LogP contribution in [0.5, 0.6) is 0 Å². The van der Waals surface area contributed by atoms with Crippen molar-refractivity contribution >= 4 is 17.0 Å². The van der Waals surface area contributed by atoms with E-state index in [0.717, 1.165) is 64.7 Å². The molecule has 0 aromatic carbocycles. The molecule has 11 heteroatoms. The van der Waals surface area contributed by atoms with Crippen LogP contribution in [0, 0.1) is 10.1 Å². The third kappa shape index (κ3) is 4.08. The molecule has 5 aromatic rings. The highest BCUT2D eigenvalue weighted by Crippen LogP contribution is 2.37. The van der Waals surface area contributed by atoms with Crippen LogP contribution in [0.25, 0.3) is 45.2 Å². The van der Waals surface area contributed by atoms with Gasteiger partial charge in [-0.3, -0.25) is 4.98 Å². The van der Waals surface area contributed by atoms with Gasteiger partial charge in [-0.1, -0.05) is 18.2 Å². The maximum atomic E-state index is 11.6. The van der Waals surface area contributed by atoms with Crippen molar-refractivity contribution in [2.75, 3.05) is 0 Å². The van der Waals surface area contributed by atoms with Crippen LogP contribution in [-0.4, -0.2) is 41.1 Å². The van der Waals surface area contributed by atoms with Crippen LogP contribution < -0.4 is 0 Å². The summed E-state index contributed by atoms with van der Waals surface area (Å²) >= 11 is 0. The van der Waals surface area contributed by atoms with Gasteiger partial charge >= 0.3 is 5.97 Å². The lowest BCUT2D eigenvalue weighted by atomic mass is 9.89. The Balaban J connectivity index is 1.30. The summed E-state index contributed by atoms with van der Waals surface area (Å²) in [5.74, 6) is -1.07. The maximum absolute atomic E-state index is 11.6. The minimum Gasteiger partial charge on any atom is -0.477 e. The molecule has 0 saturated carbocycles. The minimum atomic E-state index is -1.07. The van der Waals surface area contributed by atoms with Gasteiger partial charge < -0.3 is 9.94 Å². The lowest BCUT2D eigenvalue weighted by Crippen LogP contribution is -2.12. The van der Waals surface area contributed by atoms with Gasteiger partial charge in [-0.25, -0.2) is 24.7 Å². The first-order valence-electron chi connectivity index (χ1n) is 12.7. The summed E-state index contributed by atoms with van der Waals surface area (Å²) in [5, 5.41) is 20.0. The summed E-state index contributed by atoms with van der Waals surface area (Å²) in [4.78, 5) is 50.0. The number of nitrogens with zero attached hydrogens (tertiary/aromatic N) is 6. The molecule has 7 rings (SSSR count). The Morgan fingerprint density at radius 3 is 2.02 bits per heavy atom. The standard InChI is InChI=1S/C29H20N6O5/c36-29(37)23-10-7-17-3-5-19-12-20-11-18-4-2-16-6-9-22(21-8-1-15(13-30-21)14-40-35(38)39)31-24(16)26(18)33-28(20)34-27(19)25(17)32-23/h1,6-13H,2-5,14H2,(H,36,37). The Labute approximate surface area is 226 Å². The van der Waals surface area contributed by atoms with Gasteiger partial charge in [0.15, 0.2) is 5.65 Å². The van der Waals surface area contributed by atoms with E-state index >= 15 is 0 Å². The molecule has 0 unspecified atom stereocenters. The molecule has 0 radical (unpaired) electrons. The van der Waals surface area contributed by atoms with Crippen LogP contribution >= 0.6 is 0 Å². The third-order valence-electron chi connectivity index (χ3n) is 7.34. The van der Waals surface area contributed by atoms with E-state index in [9.17, 15) is 20.0 Å². The average molecular weight is 533 g/mol. The van der Waals surface area contributed by atoms with Crippen LogP contribution in [0.4, 0.5) is 0 Å². The van der Waals surface area contributed by atoms with Gasteiger partial charge in [0.1, 0.15) is 12.3 Å². The van der Waals surface area contributed by atoms with E-state index in [1.807, 2.05) is 18.2 Å². The smallest absolute Gasteiger partial charge is 0.354 e. The quantitative estimate of drug-likeness (QED) is 0.254. The van der Waals surface area contributed by atoms with Crippen molar-refractivity contribution in [3.05, 3.63) is 98.4 Å². The summed E-state index contributed by atoms with van der Waals surface area (Å²) < 4.78 is 0. The van der Waals surface area contributed by atoms with E-state index in [2.05, 4.69) is 26.9 Å². The molecule has 0 fully saturated rings. The first kappa shape index (κ1) is 23.8. The molecule has 0 saturated heterocycles. The average Bonchev–Trinajstić information content (AvgIpc) is 2.97. The second-order valence-electron chi connectivity index (χ2n) is 9.80. The number of carbonyl (C=O) groups is 1. The predicted molar refractivity (Wildman–Crippen MR) is 143 cm³/mol. The van der Waals surface area contributed by atoms with Crippen LogP contribution in [0.2, 0.25) is 0 Å². The lowest BCUT2D eigenvalue weighted by Gasteiger charge is -2.21. The van der Waals surface area contributed by atoms with Crippen molar-refractivity contribution in [2.24, 2.45) is 0 Å². The van der Waals surface area contributed by atoms with Crippen LogP contribution in [0.1, 0.15) is 38.3 Å². The SMILES string of the molecule is O=C(O)c1ccc2c(n1)-c1nc3nc4c(cc3cc1CC2)CCc1ccc(-c2ccc(CO[N+](=O)[O-])cn2)nc1-4. The van der Waals surface area contributed by atoms with Crippen molar-refractivity contribution in [1.29, 1.82) is 0 Å². The van der Waals surface area contributed by atoms with Gasteiger partial charge in [-0.2, -0.15) is 0 Å². The van der Waals surface area contributed by atoms with E-state index in [-0.39, 0.29) is 12.3 Å². The zero-order valence-electron chi connectivity index (χ0n) is 21.0. The highest BCUT2D eigenvalue weighted by molar-refractivity contribution is 5.88. The second kappa shape index (κ2) is 9.16. The fourth-order valence-electron chi connectivity index (χ4n) is 5.36. The number of pyridine rings is 5. The fourth-order valence-corrected chi connectivity index (χ4v) is 5.36. The van der Waals surface area contributed by atoms with Gasteiger partial charge in [0.05, 0.1) is 34.2 Å². The Morgan fingerprint density at radius 1 is 0.800 bits per heavy atom. The van der Waals surface area contributed by atoms with Crippen LogP contribution in [0.3, 0.4) is 0 Å².